The molecule has 0 saturated heterocycles. The fourth-order valence-corrected chi connectivity index (χ4v) is 3.17. The van der Waals surface area contributed by atoms with Crippen molar-refractivity contribution in [2.45, 2.75) is 26.8 Å². The Morgan fingerprint density at radius 1 is 1.25 bits per heavy atom. The SMILES string of the molecule is Cc1c2c(n([C@@H](C)c3ccccc3)c1C)NCN=C2Cl. The minimum atomic E-state index is 0.258. The molecular formula is C16H18ClN3. The van der Waals surface area contributed by atoms with Crippen LogP contribution in [0.25, 0.3) is 0 Å². The van der Waals surface area contributed by atoms with Gasteiger partial charge in [-0.15, -0.1) is 0 Å². The molecule has 3 nitrogen and oxygen atoms in total. The van der Waals surface area contributed by atoms with Crippen LogP contribution in [0, 0.1) is 13.8 Å². The Morgan fingerprint density at radius 3 is 2.65 bits per heavy atom. The molecule has 2 heterocycles. The van der Waals surface area contributed by atoms with Crippen LogP contribution in [0.4, 0.5) is 5.82 Å². The summed E-state index contributed by atoms with van der Waals surface area (Å²) in [6, 6.07) is 10.8. The molecule has 1 aliphatic heterocycles. The highest BCUT2D eigenvalue weighted by Crippen LogP contribution is 2.35. The first kappa shape index (κ1) is 13.3. The Labute approximate surface area is 124 Å². The number of fused-ring (bicyclic) bond motifs is 1. The second-order valence-corrected chi connectivity index (χ2v) is 5.53. The maximum Gasteiger partial charge on any atom is 0.136 e. The van der Waals surface area contributed by atoms with E-state index >= 15 is 0 Å². The van der Waals surface area contributed by atoms with Gasteiger partial charge in [0, 0.05) is 5.69 Å². The third-order valence-electron chi connectivity index (χ3n) is 4.10. The summed E-state index contributed by atoms with van der Waals surface area (Å²) in [4.78, 5) is 4.28. The molecule has 20 heavy (non-hydrogen) atoms. The summed E-state index contributed by atoms with van der Waals surface area (Å²) < 4.78 is 2.32. The summed E-state index contributed by atoms with van der Waals surface area (Å²) in [5.41, 5.74) is 4.75. The van der Waals surface area contributed by atoms with Gasteiger partial charge in [-0.1, -0.05) is 41.9 Å². The number of nitrogens with zero attached hydrogens (tertiary/aromatic N) is 2. The van der Waals surface area contributed by atoms with Crippen LogP contribution in [0.15, 0.2) is 35.3 Å². The Kier molecular flexibility index (Phi) is 3.30. The molecule has 0 bridgehead atoms. The minimum Gasteiger partial charge on any atom is -0.352 e. The number of anilines is 1. The number of aromatic nitrogens is 1. The lowest BCUT2D eigenvalue weighted by Gasteiger charge is -2.22. The van der Waals surface area contributed by atoms with Gasteiger partial charge in [0.2, 0.25) is 0 Å². The second-order valence-electron chi connectivity index (χ2n) is 5.17. The standard InChI is InChI=1S/C16H18ClN3/c1-10-11(2)20(12(3)13-7-5-4-6-8-13)16-14(10)15(17)18-9-19-16/h4-8,12,19H,9H2,1-3H3/t12-/m0/s1. The van der Waals surface area contributed by atoms with Gasteiger partial charge in [-0.05, 0) is 31.9 Å². The predicted octanol–water partition coefficient (Wildman–Crippen LogP) is 4.08. The molecular weight excluding hydrogens is 270 g/mol. The van der Waals surface area contributed by atoms with Crippen LogP contribution < -0.4 is 5.32 Å². The van der Waals surface area contributed by atoms with Crippen LogP contribution in [-0.4, -0.2) is 16.4 Å². The second kappa shape index (κ2) is 4.98. The summed E-state index contributed by atoms with van der Waals surface area (Å²) >= 11 is 6.29. The number of hydrogen-bond donors (Lipinski definition) is 1. The minimum absolute atomic E-state index is 0.258. The fraction of sp³-hybridized carbons (Fsp3) is 0.312. The molecule has 0 aliphatic carbocycles. The first-order valence-electron chi connectivity index (χ1n) is 6.81. The van der Waals surface area contributed by atoms with Crippen molar-refractivity contribution in [2.75, 3.05) is 12.0 Å². The molecule has 1 aliphatic rings. The average Bonchev–Trinajstić information content (AvgIpc) is 2.72. The van der Waals surface area contributed by atoms with Crippen molar-refractivity contribution < 1.29 is 0 Å². The molecule has 104 valence electrons. The summed E-state index contributed by atoms with van der Waals surface area (Å²) in [6.07, 6.45) is 0. The van der Waals surface area contributed by atoms with Gasteiger partial charge in [0.1, 0.15) is 17.7 Å². The van der Waals surface area contributed by atoms with Crippen LogP contribution in [-0.2, 0) is 0 Å². The van der Waals surface area contributed by atoms with Gasteiger partial charge in [-0.2, -0.15) is 0 Å². The molecule has 0 spiro atoms. The molecule has 0 amide bonds. The van der Waals surface area contributed by atoms with Crippen molar-refractivity contribution in [1.82, 2.24) is 4.57 Å². The molecule has 0 fully saturated rings. The van der Waals surface area contributed by atoms with E-state index in [1.54, 1.807) is 0 Å². The quantitative estimate of drug-likeness (QED) is 0.886. The predicted molar refractivity (Wildman–Crippen MR) is 85.0 cm³/mol. The lowest BCUT2D eigenvalue weighted by Crippen LogP contribution is -2.17. The van der Waals surface area contributed by atoms with E-state index in [1.165, 1.54) is 16.8 Å². The molecule has 0 radical (unpaired) electrons. The maximum atomic E-state index is 6.29. The van der Waals surface area contributed by atoms with Crippen molar-refractivity contribution in [3.63, 3.8) is 0 Å². The van der Waals surface area contributed by atoms with E-state index < -0.39 is 0 Å². The van der Waals surface area contributed by atoms with Crippen LogP contribution >= 0.6 is 11.6 Å². The van der Waals surface area contributed by atoms with Crippen molar-refractivity contribution >= 4 is 22.6 Å². The van der Waals surface area contributed by atoms with E-state index in [-0.39, 0.29) is 6.04 Å². The van der Waals surface area contributed by atoms with Crippen LogP contribution in [0.5, 0.6) is 0 Å². The van der Waals surface area contributed by atoms with Crippen molar-refractivity contribution in [1.29, 1.82) is 0 Å². The molecule has 1 atom stereocenters. The summed E-state index contributed by atoms with van der Waals surface area (Å²) in [5, 5.41) is 3.97. The number of benzene rings is 1. The van der Waals surface area contributed by atoms with E-state index in [1.807, 2.05) is 6.07 Å². The van der Waals surface area contributed by atoms with Gasteiger partial charge in [0.25, 0.3) is 0 Å². The van der Waals surface area contributed by atoms with E-state index in [9.17, 15) is 0 Å². The molecule has 1 aromatic carbocycles. The third-order valence-corrected chi connectivity index (χ3v) is 4.41. The van der Waals surface area contributed by atoms with E-state index in [2.05, 4.69) is 59.9 Å². The Morgan fingerprint density at radius 2 is 1.95 bits per heavy atom. The zero-order chi connectivity index (χ0) is 14.3. The molecule has 3 rings (SSSR count). The highest BCUT2D eigenvalue weighted by atomic mass is 35.5. The van der Waals surface area contributed by atoms with Crippen molar-refractivity contribution in [3.05, 3.63) is 52.7 Å². The molecule has 1 aromatic heterocycles. The number of halogens is 1. The Balaban J connectivity index is 2.16. The molecule has 0 unspecified atom stereocenters. The molecule has 1 N–H and O–H groups in total. The van der Waals surface area contributed by atoms with E-state index in [0.29, 0.717) is 11.8 Å². The number of rotatable bonds is 2. The zero-order valence-corrected chi connectivity index (χ0v) is 12.7. The van der Waals surface area contributed by atoms with Gasteiger partial charge in [-0.3, -0.25) is 4.99 Å². The van der Waals surface area contributed by atoms with Gasteiger partial charge >= 0.3 is 0 Å². The summed E-state index contributed by atoms with van der Waals surface area (Å²) in [7, 11) is 0. The highest BCUT2D eigenvalue weighted by Gasteiger charge is 2.25. The van der Waals surface area contributed by atoms with E-state index in [0.717, 1.165) is 11.4 Å². The van der Waals surface area contributed by atoms with Crippen molar-refractivity contribution in [2.24, 2.45) is 4.99 Å². The number of hydrogen-bond acceptors (Lipinski definition) is 2. The molecule has 0 saturated carbocycles. The topological polar surface area (TPSA) is 29.3 Å². The Bertz CT molecular complexity index is 671. The zero-order valence-electron chi connectivity index (χ0n) is 11.9. The number of nitrogens with one attached hydrogen (secondary N) is 1. The maximum absolute atomic E-state index is 6.29. The van der Waals surface area contributed by atoms with Gasteiger partial charge < -0.3 is 9.88 Å². The Hall–Kier alpha value is -1.74. The third kappa shape index (κ3) is 1.93. The van der Waals surface area contributed by atoms with Crippen LogP contribution in [0.3, 0.4) is 0 Å². The first-order valence-corrected chi connectivity index (χ1v) is 7.19. The molecule has 4 heteroatoms. The summed E-state index contributed by atoms with van der Waals surface area (Å²) in [6.45, 7) is 6.99. The smallest absolute Gasteiger partial charge is 0.136 e. The van der Waals surface area contributed by atoms with Crippen molar-refractivity contribution in [3.8, 4) is 0 Å². The largest absolute Gasteiger partial charge is 0.352 e. The fourth-order valence-electron chi connectivity index (χ4n) is 2.88. The normalized spacial score (nSPS) is 15.3. The first-order chi connectivity index (χ1) is 9.61. The lowest BCUT2D eigenvalue weighted by molar-refractivity contribution is 0.629. The highest BCUT2D eigenvalue weighted by molar-refractivity contribution is 6.70. The van der Waals surface area contributed by atoms with E-state index in [4.69, 9.17) is 11.6 Å². The number of aliphatic imine (C=N–C) groups is 1. The lowest BCUT2D eigenvalue weighted by atomic mass is 10.1. The summed E-state index contributed by atoms with van der Waals surface area (Å²) in [5.74, 6) is 1.08. The van der Waals surface area contributed by atoms with Gasteiger partial charge in [0.05, 0.1) is 11.6 Å². The molecule has 2 aromatic rings. The average molecular weight is 288 g/mol. The van der Waals surface area contributed by atoms with Crippen LogP contribution in [0.2, 0.25) is 0 Å². The van der Waals surface area contributed by atoms with Crippen LogP contribution in [0.1, 0.15) is 35.3 Å². The monoisotopic (exact) mass is 287 g/mol. The van der Waals surface area contributed by atoms with Gasteiger partial charge in [-0.25, -0.2) is 0 Å². The van der Waals surface area contributed by atoms with Gasteiger partial charge in [0.15, 0.2) is 0 Å².